The average Bonchev–Trinajstić information content (AvgIpc) is 3.46. The van der Waals surface area contributed by atoms with E-state index in [1.54, 1.807) is 34.9 Å². The number of nitrogens with one attached hydrogen (secondary N) is 1. The molecular weight excluding hydrogens is 710 g/mol. The molecule has 1 atom stereocenters. The van der Waals surface area contributed by atoms with Crippen molar-refractivity contribution in [3.63, 3.8) is 0 Å². The number of sulfonamides is 1. The van der Waals surface area contributed by atoms with Crippen LogP contribution in [0, 0.1) is 6.92 Å². The Morgan fingerprint density at radius 3 is 2.30 bits per heavy atom. The summed E-state index contributed by atoms with van der Waals surface area (Å²) >= 11 is 6.82. The highest BCUT2D eigenvalue weighted by Crippen LogP contribution is 2.33. The van der Waals surface area contributed by atoms with Gasteiger partial charge in [-0.25, -0.2) is 17.8 Å². The Bertz CT molecular complexity index is 2300. The molecule has 2 heterocycles. The zero-order chi connectivity index (χ0) is 37.9. The Kier molecular flexibility index (Phi) is 11.3. The maximum atomic E-state index is 14.6. The molecule has 1 aliphatic rings. The van der Waals surface area contributed by atoms with Gasteiger partial charge in [-0.3, -0.25) is 14.4 Å². The molecule has 1 aromatic heterocycles. The number of hydrogen-bond acceptors (Lipinski definition) is 6. The summed E-state index contributed by atoms with van der Waals surface area (Å²) in [5.74, 6) is -1.56. The summed E-state index contributed by atoms with van der Waals surface area (Å²) in [6, 6.07) is 24.0. The van der Waals surface area contributed by atoms with Crippen molar-refractivity contribution < 1.29 is 22.8 Å². The van der Waals surface area contributed by atoms with E-state index in [0.717, 1.165) is 42.2 Å². The SMILES string of the molecule is CCCCN(CCCC)C(=O)c1nn(-c2ccc(C(=O)NS(=O)(=O)c3ccc4ccccc4c3)cc2C(=O)N2CCc3ccccc3C2C)c(C)c1Cl. The predicted octanol–water partition coefficient (Wildman–Crippen LogP) is 7.91. The third-order valence-electron chi connectivity index (χ3n) is 9.93. The van der Waals surface area contributed by atoms with Gasteiger partial charge < -0.3 is 9.80 Å². The lowest BCUT2D eigenvalue weighted by Crippen LogP contribution is -2.39. The fraction of sp³-hybridized carbons (Fsp3) is 0.317. The molecule has 0 aliphatic carbocycles. The molecule has 6 rings (SSSR count). The lowest BCUT2D eigenvalue weighted by Gasteiger charge is -2.35. The number of halogens is 1. The van der Waals surface area contributed by atoms with Gasteiger partial charge in [-0.1, -0.05) is 92.9 Å². The maximum Gasteiger partial charge on any atom is 0.275 e. The highest BCUT2D eigenvalue weighted by molar-refractivity contribution is 7.90. The van der Waals surface area contributed by atoms with Gasteiger partial charge in [-0.05, 0) is 85.3 Å². The molecule has 53 heavy (non-hydrogen) atoms. The number of fused-ring (bicyclic) bond motifs is 2. The van der Waals surface area contributed by atoms with Crippen LogP contribution < -0.4 is 4.72 Å². The Morgan fingerprint density at radius 1 is 0.906 bits per heavy atom. The van der Waals surface area contributed by atoms with E-state index in [-0.39, 0.29) is 44.6 Å². The molecule has 0 bridgehead atoms. The number of nitrogens with zero attached hydrogens (tertiary/aromatic N) is 4. The average molecular weight is 754 g/mol. The van der Waals surface area contributed by atoms with Crippen molar-refractivity contribution >= 4 is 50.1 Å². The van der Waals surface area contributed by atoms with Crippen LogP contribution in [0.1, 0.15) is 101 Å². The van der Waals surface area contributed by atoms with Gasteiger partial charge >= 0.3 is 0 Å². The van der Waals surface area contributed by atoms with Gasteiger partial charge in [0.1, 0.15) is 0 Å². The Morgan fingerprint density at radius 2 is 1.58 bits per heavy atom. The van der Waals surface area contributed by atoms with Gasteiger partial charge in [-0.2, -0.15) is 5.10 Å². The van der Waals surface area contributed by atoms with Gasteiger partial charge in [0.2, 0.25) is 0 Å². The largest absolute Gasteiger partial charge is 0.337 e. The summed E-state index contributed by atoms with van der Waals surface area (Å²) in [6.07, 6.45) is 4.16. The third kappa shape index (κ3) is 7.72. The summed E-state index contributed by atoms with van der Waals surface area (Å²) < 4.78 is 30.5. The molecule has 0 saturated heterocycles. The van der Waals surface area contributed by atoms with Crippen LogP contribution in [-0.4, -0.2) is 65.4 Å². The highest BCUT2D eigenvalue weighted by atomic mass is 35.5. The van der Waals surface area contributed by atoms with Crippen LogP contribution in [0.15, 0.2) is 89.8 Å². The van der Waals surface area contributed by atoms with Crippen LogP contribution in [0.5, 0.6) is 0 Å². The lowest BCUT2D eigenvalue weighted by molar-refractivity contribution is 0.0677. The number of aromatic nitrogens is 2. The minimum absolute atomic E-state index is 0.0379. The van der Waals surface area contributed by atoms with Crippen molar-refractivity contribution in [2.24, 2.45) is 0 Å². The van der Waals surface area contributed by atoms with Crippen molar-refractivity contribution in [3.8, 4) is 5.69 Å². The second-order valence-corrected chi connectivity index (χ2v) is 15.5. The summed E-state index contributed by atoms with van der Waals surface area (Å²) in [5.41, 5.74) is 3.09. The minimum Gasteiger partial charge on any atom is -0.337 e. The molecule has 1 unspecified atom stereocenters. The standard InChI is InChI=1S/C41H44ClN5O5S/c1-5-7-22-45(23-8-6-2)41(50)38-37(42)28(4)47(43-38)36-20-18-32(26-35(36)40(49)46-24-21-30-14-11-12-16-34(30)27(46)3)39(48)44-53(51,52)33-19-17-29-13-9-10-15-31(29)25-33/h9-20,25-27H,5-8,21-24H2,1-4H3,(H,44,48). The van der Waals surface area contributed by atoms with Gasteiger partial charge in [0.05, 0.1) is 32.9 Å². The normalized spacial score (nSPS) is 14.2. The highest BCUT2D eigenvalue weighted by Gasteiger charge is 2.32. The van der Waals surface area contributed by atoms with E-state index >= 15 is 0 Å². The van der Waals surface area contributed by atoms with Crippen LogP contribution in [0.4, 0.5) is 0 Å². The van der Waals surface area contributed by atoms with E-state index in [4.69, 9.17) is 11.6 Å². The number of rotatable bonds is 12. The summed E-state index contributed by atoms with van der Waals surface area (Å²) in [5, 5.41) is 6.43. The zero-order valence-electron chi connectivity index (χ0n) is 30.4. The lowest BCUT2D eigenvalue weighted by atomic mass is 9.92. The summed E-state index contributed by atoms with van der Waals surface area (Å²) in [7, 11) is -4.27. The molecule has 276 valence electrons. The van der Waals surface area contributed by atoms with E-state index in [1.165, 1.54) is 28.9 Å². The first-order chi connectivity index (χ1) is 25.4. The topological polar surface area (TPSA) is 122 Å². The quantitative estimate of drug-likeness (QED) is 0.138. The van der Waals surface area contributed by atoms with Crippen molar-refractivity contribution in [2.45, 2.75) is 70.7 Å². The van der Waals surface area contributed by atoms with Crippen LogP contribution in [0.2, 0.25) is 5.02 Å². The molecule has 0 radical (unpaired) electrons. The van der Waals surface area contributed by atoms with Crippen molar-refractivity contribution in [1.82, 2.24) is 24.3 Å². The van der Waals surface area contributed by atoms with Crippen LogP contribution >= 0.6 is 11.6 Å². The third-order valence-corrected chi connectivity index (χ3v) is 11.7. The van der Waals surface area contributed by atoms with E-state index in [0.29, 0.717) is 42.8 Å². The number of carbonyl (C=O) groups excluding carboxylic acids is 3. The Balaban J connectivity index is 1.40. The first kappa shape index (κ1) is 37.7. The van der Waals surface area contributed by atoms with E-state index in [2.05, 4.69) is 29.7 Å². The molecule has 4 aromatic carbocycles. The number of carbonyl (C=O) groups is 3. The van der Waals surface area contributed by atoms with Gasteiger partial charge in [0.25, 0.3) is 27.7 Å². The van der Waals surface area contributed by atoms with Crippen LogP contribution in [0.25, 0.3) is 16.5 Å². The Labute approximate surface area is 315 Å². The van der Waals surface area contributed by atoms with Crippen molar-refractivity contribution in [1.29, 1.82) is 0 Å². The molecule has 10 nitrogen and oxygen atoms in total. The summed E-state index contributed by atoms with van der Waals surface area (Å²) in [4.78, 5) is 45.6. The number of unbranched alkanes of at least 4 members (excludes halogenated alkanes) is 2. The number of benzene rings is 4. The zero-order valence-corrected chi connectivity index (χ0v) is 32.0. The monoisotopic (exact) mass is 753 g/mol. The smallest absolute Gasteiger partial charge is 0.275 e. The van der Waals surface area contributed by atoms with E-state index in [1.807, 2.05) is 43.3 Å². The molecular formula is C41H44ClN5O5S. The number of amides is 3. The van der Waals surface area contributed by atoms with Crippen LogP contribution in [-0.2, 0) is 16.4 Å². The van der Waals surface area contributed by atoms with Crippen molar-refractivity contribution in [3.05, 3.63) is 124 Å². The fourth-order valence-corrected chi connectivity index (χ4v) is 8.04. The minimum atomic E-state index is -4.27. The van der Waals surface area contributed by atoms with Gasteiger partial charge in [-0.15, -0.1) is 0 Å². The number of hydrogen-bond donors (Lipinski definition) is 1. The van der Waals surface area contributed by atoms with Gasteiger partial charge in [0.15, 0.2) is 5.69 Å². The molecule has 0 fully saturated rings. The maximum absolute atomic E-state index is 14.6. The Hall–Kier alpha value is -5.00. The molecule has 1 N–H and O–H groups in total. The molecule has 0 saturated carbocycles. The second-order valence-electron chi connectivity index (χ2n) is 13.5. The molecule has 1 aliphatic heterocycles. The molecule has 5 aromatic rings. The van der Waals surface area contributed by atoms with Crippen molar-refractivity contribution in [2.75, 3.05) is 19.6 Å². The van der Waals surface area contributed by atoms with Gasteiger partial charge in [0, 0.05) is 25.2 Å². The van der Waals surface area contributed by atoms with E-state index in [9.17, 15) is 22.8 Å². The first-order valence-corrected chi connectivity index (χ1v) is 19.9. The van der Waals surface area contributed by atoms with E-state index < -0.39 is 15.9 Å². The predicted molar refractivity (Wildman–Crippen MR) is 207 cm³/mol. The summed E-state index contributed by atoms with van der Waals surface area (Å²) in [6.45, 7) is 9.38. The second kappa shape index (κ2) is 15.9. The molecule has 3 amide bonds. The first-order valence-electron chi connectivity index (χ1n) is 18.1. The molecule has 0 spiro atoms. The molecule has 12 heteroatoms. The van der Waals surface area contributed by atoms with Crippen LogP contribution in [0.3, 0.4) is 0 Å². The fourth-order valence-electron chi connectivity index (χ4n) is 6.83.